The van der Waals surface area contributed by atoms with E-state index in [1.54, 1.807) is 6.08 Å². The van der Waals surface area contributed by atoms with Gasteiger partial charge in [-0.15, -0.1) is 6.58 Å². The highest BCUT2D eigenvalue weighted by Crippen LogP contribution is 2.44. The van der Waals surface area contributed by atoms with Crippen LogP contribution in [-0.4, -0.2) is 56.5 Å². The molecular weight excluding hydrogens is 374 g/mol. The molecule has 0 N–H and O–H groups in total. The molecule has 0 aromatic rings. The van der Waals surface area contributed by atoms with E-state index in [4.69, 9.17) is 13.9 Å². The number of fused-ring (bicyclic) bond motifs is 1. The second kappa shape index (κ2) is 7.87. The van der Waals surface area contributed by atoms with Crippen molar-refractivity contribution in [3.63, 3.8) is 0 Å². The van der Waals surface area contributed by atoms with E-state index < -0.39 is 20.0 Å². The van der Waals surface area contributed by atoms with Gasteiger partial charge in [-0.3, -0.25) is 14.5 Å². The van der Waals surface area contributed by atoms with Crippen molar-refractivity contribution in [2.45, 2.75) is 69.9 Å². The van der Waals surface area contributed by atoms with Gasteiger partial charge in [0.25, 0.3) is 0 Å². The lowest BCUT2D eigenvalue weighted by atomic mass is 9.88. The molecule has 1 fully saturated rings. The van der Waals surface area contributed by atoms with E-state index in [0.717, 1.165) is 5.76 Å². The molecule has 0 bridgehead atoms. The van der Waals surface area contributed by atoms with Gasteiger partial charge in [0.15, 0.2) is 5.60 Å². The topological polar surface area (TPSA) is 65.1 Å². The summed E-state index contributed by atoms with van der Waals surface area (Å²) < 4.78 is 17.2. The molecule has 1 aliphatic heterocycles. The van der Waals surface area contributed by atoms with Crippen LogP contribution in [-0.2, 0) is 23.5 Å². The van der Waals surface area contributed by atoms with E-state index in [1.807, 2.05) is 23.1 Å². The van der Waals surface area contributed by atoms with E-state index in [0.29, 0.717) is 13.0 Å². The van der Waals surface area contributed by atoms with Gasteiger partial charge in [-0.05, 0) is 36.4 Å². The van der Waals surface area contributed by atoms with Crippen molar-refractivity contribution in [1.82, 2.24) is 4.90 Å². The SMILES string of the molecule is C=CCN1[C@H](C(=O)OC)C[C@@]2(OC(C)=O)C=CC(O[Si](C)(C)C(C)(C)C)=C[C@@H]12. The van der Waals surface area contributed by atoms with Crippen LogP contribution < -0.4 is 0 Å². The molecule has 2 rings (SSSR count). The minimum atomic E-state index is -2.04. The smallest absolute Gasteiger partial charge is 0.323 e. The van der Waals surface area contributed by atoms with Crippen LogP contribution in [0.1, 0.15) is 34.1 Å². The van der Waals surface area contributed by atoms with Gasteiger partial charge in [0.05, 0.1) is 13.2 Å². The number of rotatable bonds is 6. The van der Waals surface area contributed by atoms with Gasteiger partial charge in [0, 0.05) is 19.9 Å². The first-order valence-corrected chi connectivity index (χ1v) is 12.5. The van der Waals surface area contributed by atoms with E-state index in [9.17, 15) is 9.59 Å². The Morgan fingerprint density at radius 3 is 2.54 bits per heavy atom. The quantitative estimate of drug-likeness (QED) is 0.381. The fraction of sp³-hybridized carbons (Fsp3) is 0.619. The number of hydrogen-bond donors (Lipinski definition) is 0. The Kier molecular flexibility index (Phi) is 6.30. The molecule has 3 atom stereocenters. The Morgan fingerprint density at radius 1 is 1.39 bits per heavy atom. The van der Waals surface area contributed by atoms with Crippen LogP contribution in [0.3, 0.4) is 0 Å². The van der Waals surface area contributed by atoms with Crippen LogP contribution in [0.4, 0.5) is 0 Å². The number of esters is 2. The molecule has 0 amide bonds. The molecule has 2 aliphatic rings. The van der Waals surface area contributed by atoms with Gasteiger partial charge in [-0.25, -0.2) is 0 Å². The first kappa shape index (κ1) is 22.4. The maximum absolute atomic E-state index is 12.4. The van der Waals surface area contributed by atoms with Gasteiger partial charge in [-0.1, -0.05) is 26.8 Å². The van der Waals surface area contributed by atoms with E-state index >= 15 is 0 Å². The first-order valence-electron chi connectivity index (χ1n) is 9.61. The third-order valence-corrected chi connectivity index (χ3v) is 10.3. The summed E-state index contributed by atoms with van der Waals surface area (Å²) in [7, 11) is -0.669. The number of carbonyl (C=O) groups excluding carboxylic acids is 2. The van der Waals surface area contributed by atoms with E-state index in [2.05, 4.69) is 40.4 Å². The predicted octanol–water partition coefficient (Wildman–Crippen LogP) is 3.57. The third-order valence-electron chi connectivity index (χ3n) is 5.95. The minimum Gasteiger partial charge on any atom is -0.544 e. The maximum atomic E-state index is 12.4. The van der Waals surface area contributed by atoms with Crippen molar-refractivity contribution in [3.8, 4) is 0 Å². The molecular formula is C21H33NO5Si. The summed E-state index contributed by atoms with van der Waals surface area (Å²) in [5.74, 6) is 0.0104. The van der Waals surface area contributed by atoms with E-state index in [1.165, 1.54) is 14.0 Å². The van der Waals surface area contributed by atoms with Crippen LogP contribution in [0, 0.1) is 0 Å². The summed E-state index contributed by atoms with van der Waals surface area (Å²) in [6, 6.07) is -0.858. The van der Waals surface area contributed by atoms with Crippen molar-refractivity contribution in [2.24, 2.45) is 0 Å². The summed E-state index contributed by atoms with van der Waals surface area (Å²) >= 11 is 0. The summed E-state index contributed by atoms with van der Waals surface area (Å²) in [5, 5.41) is 0.0527. The normalized spacial score (nSPS) is 27.6. The zero-order valence-corrected chi connectivity index (χ0v) is 19.1. The number of likely N-dealkylation sites (tertiary alicyclic amines) is 1. The first-order chi connectivity index (χ1) is 12.9. The molecule has 1 saturated heterocycles. The summed E-state index contributed by atoms with van der Waals surface area (Å²) in [5.41, 5.74) is -0.923. The molecule has 0 saturated carbocycles. The Morgan fingerprint density at radius 2 is 2.04 bits per heavy atom. The number of ether oxygens (including phenoxy) is 2. The number of allylic oxidation sites excluding steroid dienone is 1. The molecule has 6 nitrogen and oxygen atoms in total. The Labute approximate surface area is 169 Å². The van der Waals surface area contributed by atoms with Gasteiger partial charge < -0.3 is 13.9 Å². The molecule has 1 heterocycles. The number of methoxy groups -OCH3 is 1. The van der Waals surface area contributed by atoms with Crippen molar-refractivity contribution in [2.75, 3.05) is 13.7 Å². The average Bonchev–Trinajstić information content (AvgIpc) is 2.87. The summed E-state index contributed by atoms with van der Waals surface area (Å²) in [6.45, 7) is 16.6. The maximum Gasteiger partial charge on any atom is 0.323 e. The van der Waals surface area contributed by atoms with Gasteiger partial charge in [0.2, 0.25) is 8.32 Å². The molecule has 156 valence electrons. The number of carbonyl (C=O) groups is 2. The summed E-state index contributed by atoms with van der Waals surface area (Å²) in [4.78, 5) is 26.2. The highest BCUT2D eigenvalue weighted by atomic mass is 28.4. The van der Waals surface area contributed by atoms with Crippen molar-refractivity contribution in [3.05, 3.63) is 36.6 Å². The minimum absolute atomic E-state index is 0.0527. The highest BCUT2D eigenvalue weighted by Gasteiger charge is 2.56. The molecule has 28 heavy (non-hydrogen) atoms. The predicted molar refractivity (Wildman–Crippen MR) is 111 cm³/mol. The zero-order chi connectivity index (χ0) is 21.3. The Balaban J connectivity index is 2.45. The lowest BCUT2D eigenvalue weighted by Crippen LogP contribution is -2.48. The molecule has 0 aromatic heterocycles. The molecule has 7 heteroatoms. The lowest BCUT2D eigenvalue weighted by Gasteiger charge is -2.40. The van der Waals surface area contributed by atoms with Crippen LogP contribution >= 0.6 is 0 Å². The fourth-order valence-corrected chi connectivity index (χ4v) is 4.55. The second-order valence-electron chi connectivity index (χ2n) is 8.99. The lowest BCUT2D eigenvalue weighted by molar-refractivity contribution is -0.153. The fourth-order valence-electron chi connectivity index (χ4n) is 3.52. The molecule has 1 aliphatic carbocycles. The van der Waals surface area contributed by atoms with Crippen LogP contribution in [0.5, 0.6) is 0 Å². The molecule has 0 aromatic carbocycles. The Hall–Kier alpha value is -1.86. The van der Waals surface area contributed by atoms with Crippen molar-refractivity contribution in [1.29, 1.82) is 0 Å². The average molecular weight is 408 g/mol. The van der Waals surface area contributed by atoms with Crippen LogP contribution in [0.25, 0.3) is 0 Å². The largest absolute Gasteiger partial charge is 0.544 e. The summed E-state index contributed by atoms with van der Waals surface area (Å²) in [6.07, 6.45) is 7.76. The molecule has 0 unspecified atom stereocenters. The van der Waals surface area contributed by atoms with Crippen molar-refractivity contribution < 1.29 is 23.5 Å². The van der Waals surface area contributed by atoms with E-state index in [-0.39, 0.29) is 23.0 Å². The van der Waals surface area contributed by atoms with Gasteiger partial charge >= 0.3 is 11.9 Å². The second-order valence-corrected chi connectivity index (χ2v) is 13.7. The molecule has 0 spiro atoms. The van der Waals surface area contributed by atoms with Gasteiger partial charge in [-0.2, -0.15) is 0 Å². The number of hydrogen-bond acceptors (Lipinski definition) is 6. The standard InChI is InChI=1S/C21H33NO5Si/c1-9-12-22-17(19(24)25-6)14-21(26-15(2)23)11-10-16(13-18(21)22)27-28(7,8)20(3,4)5/h9-11,13,17-18H,1,12,14H2,2-8H3/t17-,18+,21-/m0/s1. The third kappa shape index (κ3) is 4.25. The van der Waals surface area contributed by atoms with Crippen LogP contribution in [0.15, 0.2) is 36.6 Å². The van der Waals surface area contributed by atoms with Crippen LogP contribution in [0.2, 0.25) is 18.1 Å². The Bertz CT molecular complexity index is 706. The van der Waals surface area contributed by atoms with Crippen molar-refractivity contribution >= 4 is 20.3 Å². The zero-order valence-electron chi connectivity index (χ0n) is 18.1. The van der Waals surface area contributed by atoms with Gasteiger partial charge in [0.1, 0.15) is 11.8 Å². The number of nitrogens with zero attached hydrogens (tertiary/aromatic N) is 1. The molecule has 0 radical (unpaired) electrons. The monoisotopic (exact) mass is 407 g/mol. The highest BCUT2D eigenvalue weighted by molar-refractivity contribution is 6.74.